The van der Waals surface area contributed by atoms with Crippen molar-refractivity contribution in [3.05, 3.63) is 64.6 Å². The lowest BCUT2D eigenvalue weighted by atomic mass is 10.2. The molecule has 3 rings (SSSR count). The molecule has 2 heterocycles. The maximum Gasteiger partial charge on any atom is 0.255 e. The van der Waals surface area contributed by atoms with Gasteiger partial charge in [0.15, 0.2) is 0 Å². The molecule has 0 spiro atoms. The second-order valence-corrected chi connectivity index (χ2v) is 8.56. The van der Waals surface area contributed by atoms with Crippen molar-refractivity contribution in [1.29, 1.82) is 0 Å². The van der Waals surface area contributed by atoms with Crippen molar-refractivity contribution in [2.75, 3.05) is 31.9 Å². The Hall–Kier alpha value is -2.45. The number of amides is 1. The summed E-state index contributed by atoms with van der Waals surface area (Å²) in [6, 6.07) is 12.0. The number of hydrogen-bond acceptors (Lipinski definition) is 4. The molecule has 144 valence electrons. The fourth-order valence-corrected chi connectivity index (χ4v) is 4.64. The zero-order valence-electron chi connectivity index (χ0n) is 15.2. The molecule has 1 amide bonds. The Bertz CT molecular complexity index is 962. The fourth-order valence-electron chi connectivity index (χ4n) is 3.14. The number of para-hydroxylation sites is 1. The molecule has 8 heteroatoms. The minimum absolute atomic E-state index is 0.128. The van der Waals surface area contributed by atoms with Crippen LogP contribution in [0.3, 0.4) is 0 Å². The van der Waals surface area contributed by atoms with Gasteiger partial charge in [0, 0.05) is 44.1 Å². The SMILES string of the molecule is CCCS(=O)(=O)N1CCN(C(=O)c2ccc(=O)n(-c3ccccc3)c2)CC1. The Morgan fingerprint density at radius 1 is 1.00 bits per heavy atom. The number of piperazine rings is 1. The molecule has 1 fully saturated rings. The molecule has 0 unspecified atom stereocenters. The molecule has 1 aliphatic rings. The number of hydrogen-bond donors (Lipinski definition) is 0. The molecule has 1 aliphatic heterocycles. The Kier molecular flexibility index (Phi) is 5.76. The molecular formula is C19H23N3O4S. The fraction of sp³-hybridized carbons (Fsp3) is 0.368. The molecule has 1 saturated heterocycles. The zero-order chi connectivity index (χ0) is 19.4. The number of pyridine rings is 1. The lowest BCUT2D eigenvalue weighted by molar-refractivity contribution is 0.0697. The third kappa shape index (κ3) is 4.28. The lowest BCUT2D eigenvalue weighted by Gasteiger charge is -2.34. The van der Waals surface area contributed by atoms with E-state index >= 15 is 0 Å². The normalized spacial score (nSPS) is 15.7. The molecule has 1 aromatic carbocycles. The molecule has 0 atom stereocenters. The van der Waals surface area contributed by atoms with Crippen molar-refractivity contribution in [1.82, 2.24) is 13.8 Å². The van der Waals surface area contributed by atoms with E-state index in [1.54, 1.807) is 23.2 Å². The van der Waals surface area contributed by atoms with E-state index in [1.807, 2.05) is 25.1 Å². The number of carbonyl (C=O) groups excluding carboxylic acids is 1. The largest absolute Gasteiger partial charge is 0.336 e. The van der Waals surface area contributed by atoms with Crippen molar-refractivity contribution in [2.45, 2.75) is 13.3 Å². The van der Waals surface area contributed by atoms with Gasteiger partial charge in [-0.1, -0.05) is 25.1 Å². The molecule has 7 nitrogen and oxygen atoms in total. The summed E-state index contributed by atoms with van der Waals surface area (Å²) in [4.78, 5) is 26.6. The van der Waals surface area contributed by atoms with E-state index in [0.29, 0.717) is 43.9 Å². The molecular weight excluding hydrogens is 366 g/mol. The molecule has 2 aromatic rings. The van der Waals surface area contributed by atoms with Gasteiger partial charge in [0.2, 0.25) is 10.0 Å². The predicted molar refractivity (Wildman–Crippen MR) is 104 cm³/mol. The first kappa shape index (κ1) is 19.3. The molecule has 0 aliphatic carbocycles. The number of nitrogens with zero attached hydrogens (tertiary/aromatic N) is 3. The van der Waals surface area contributed by atoms with Gasteiger partial charge in [0.1, 0.15) is 0 Å². The van der Waals surface area contributed by atoms with Gasteiger partial charge in [-0.2, -0.15) is 4.31 Å². The third-order valence-electron chi connectivity index (χ3n) is 4.57. The standard InChI is InChI=1S/C19H23N3O4S/c1-2-14-27(25,26)21-12-10-20(11-13-21)19(24)16-8-9-18(23)22(15-16)17-6-4-3-5-7-17/h3-9,15H,2,10-14H2,1H3. The maximum atomic E-state index is 12.8. The van der Waals surface area contributed by atoms with Crippen LogP contribution in [0.5, 0.6) is 0 Å². The van der Waals surface area contributed by atoms with E-state index < -0.39 is 10.0 Å². The molecule has 1 aromatic heterocycles. The van der Waals surface area contributed by atoms with Crippen LogP contribution >= 0.6 is 0 Å². The second-order valence-electron chi connectivity index (χ2n) is 6.47. The summed E-state index contributed by atoms with van der Waals surface area (Å²) in [5.41, 5.74) is 0.879. The number of carbonyl (C=O) groups is 1. The van der Waals surface area contributed by atoms with Gasteiger partial charge in [-0.3, -0.25) is 14.2 Å². The Balaban J connectivity index is 1.75. The van der Waals surface area contributed by atoms with Crippen LogP contribution in [0.25, 0.3) is 5.69 Å². The summed E-state index contributed by atoms with van der Waals surface area (Å²) in [5, 5.41) is 0. The quantitative estimate of drug-likeness (QED) is 0.773. The number of benzene rings is 1. The Labute approximate surface area is 158 Å². The van der Waals surface area contributed by atoms with Gasteiger partial charge >= 0.3 is 0 Å². The van der Waals surface area contributed by atoms with E-state index in [2.05, 4.69) is 0 Å². The smallest absolute Gasteiger partial charge is 0.255 e. The average Bonchev–Trinajstić information content (AvgIpc) is 2.68. The molecule has 0 radical (unpaired) electrons. The summed E-state index contributed by atoms with van der Waals surface area (Å²) in [5.74, 6) is -0.0737. The van der Waals surface area contributed by atoms with E-state index in [9.17, 15) is 18.0 Å². The van der Waals surface area contributed by atoms with Gasteiger partial charge in [0.25, 0.3) is 11.5 Å². The monoisotopic (exact) mass is 389 g/mol. The minimum atomic E-state index is -3.25. The van der Waals surface area contributed by atoms with Gasteiger partial charge in [0.05, 0.1) is 11.3 Å². The second kappa shape index (κ2) is 8.06. The van der Waals surface area contributed by atoms with Gasteiger partial charge in [-0.15, -0.1) is 0 Å². The van der Waals surface area contributed by atoms with Crippen molar-refractivity contribution in [2.24, 2.45) is 0 Å². The van der Waals surface area contributed by atoms with Crippen molar-refractivity contribution >= 4 is 15.9 Å². The van der Waals surface area contributed by atoms with Crippen molar-refractivity contribution in [3.63, 3.8) is 0 Å². The highest BCUT2D eigenvalue weighted by Gasteiger charge is 2.28. The van der Waals surface area contributed by atoms with Crippen LogP contribution in [0.2, 0.25) is 0 Å². The first-order chi connectivity index (χ1) is 12.9. The van der Waals surface area contributed by atoms with Gasteiger partial charge in [-0.25, -0.2) is 8.42 Å². The molecule has 27 heavy (non-hydrogen) atoms. The molecule has 0 N–H and O–H groups in total. The van der Waals surface area contributed by atoms with Crippen molar-refractivity contribution in [3.8, 4) is 5.69 Å². The Morgan fingerprint density at radius 2 is 1.67 bits per heavy atom. The summed E-state index contributed by atoms with van der Waals surface area (Å²) >= 11 is 0. The number of sulfonamides is 1. The van der Waals surface area contributed by atoms with Crippen LogP contribution < -0.4 is 5.56 Å². The van der Waals surface area contributed by atoms with Crippen LogP contribution in [0, 0.1) is 0 Å². The van der Waals surface area contributed by atoms with Crippen LogP contribution in [0.4, 0.5) is 0 Å². The van der Waals surface area contributed by atoms with Crippen LogP contribution in [0.1, 0.15) is 23.7 Å². The van der Waals surface area contributed by atoms with Crippen LogP contribution in [0.15, 0.2) is 53.5 Å². The highest BCUT2D eigenvalue weighted by Crippen LogP contribution is 2.13. The highest BCUT2D eigenvalue weighted by molar-refractivity contribution is 7.89. The van der Waals surface area contributed by atoms with E-state index in [1.165, 1.54) is 21.0 Å². The van der Waals surface area contributed by atoms with Crippen LogP contribution in [-0.2, 0) is 10.0 Å². The third-order valence-corrected chi connectivity index (χ3v) is 6.65. The maximum absolute atomic E-state index is 12.8. The topological polar surface area (TPSA) is 79.7 Å². The van der Waals surface area contributed by atoms with E-state index in [4.69, 9.17) is 0 Å². The first-order valence-electron chi connectivity index (χ1n) is 8.97. The van der Waals surface area contributed by atoms with E-state index in [-0.39, 0.29) is 17.2 Å². The van der Waals surface area contributed by atoms with E-state index in [0.717, 1.165) is 0 Å². The number of aromatic nitrogens is 1. The highest BCUT2D eigenvalue weighted by atomic mass is 32.2. The minimum Gasteiger partial charge on any atom is -0.336 e. The lowest BCUT2D eigenvalue weighted by Crippen LogP contribution is -2.51. The predicted octanol–water partition coefficient (Wildman–Crippen LogP) is 1.34. The Morgan fingerprint density at radius 3 is 2.30 bits per heavy atom. The summed E-state index contributed by atoms with van der Waals surface area (Å²) in [7, 11) is -3.25. The molecule has 0 bridgehead atoms. The average molecular weight is 389 g/mol. The summed E-state index contributed by atoms with van der Waals surface area (Å²) in [6.07, 6.45) is 2.11. The zero-order valence-corrected chi connectivity index (χ0v) is 16.1. The van der Waals surface area contributed by atoms with Gasteiger partial charge in [-0.05, 0) is 24.6 Å². The first-order valence-corrected chi connectivity index (χ1v) is 10.6. The number of rotatable bonds is 5. The molecule has 0 saturated carbocycles. The summed E-state index contributed by atoms with van der Waals surface area (Å²) < 4.78 is 27.2. The summed E-state index contributed by atoms with van der Waals surface area (Å²) in [6.45, 7) is 3.11. The van der Waals surface area contributed by atoms with Crippen LogP contribution in [-0.4, -0.2) is 60.0 Å². The van der Waals surface area contributed by atoms with Gasteiger partial charge < -0.3 is 4.90 Å². The van der Waals surface area contributed by atoms with Crippen molar-refractivity contribution < 1.29 is 13.2 Å².